The van der Waals surface area contributed by atoms with Gasteiger partial charge in [0.2, 0.25) is 5.78 Å². The van der Waals surface area contributed by atoms with Gasteiger partial charge in [-0.2, -0.15) is 0 Å². The molecular formula is C17H13BrO2. The van der Waals surface area contributed by atoms with Crippen molar-refractivity contribution >= 4 is 32.7 Å². The maximum Gasteiger partial charge on any atom is 0.228 e. The number of hydrogen-bond donors (Lipinski definition) is 0. The van der Waals surface area contributed by atoms with Gasteiger partial charge in [-0.15, -0.1) is 0 Å². The smallest absolute Gasteiger partial charge is 0.228 e. The summed E-state index contributed by atoms with van der Waals surface area (Å²) in [5.41, 5.74) is 3.45. The van der Waals surface area contributed by atoms with Gasteiger partial charge in [0, 0.05) is 21.0 Å². The second kappa shape index (κ2) is 4.91. The van der Waals surface area contributed by atoms with Crippen molar-refractivity contribution in [3.63, 3.8) is 0 Å². The van der Waals surface area contributed by atoms with Gasteiger partial charge in [-0.1, -0.05) is 27.6 Å². The van der Waals surface area contributed by atoms with Gasteiger partial charge in [0.1, 0.15) is 5.58 Å². The molecule has 0 atom stereocenters. The van der Waals surface area contributed by atoms with Crippen molar-refractivity contribution < 1.29 is 9.21 Å². The summed E-state index contributed by atoms with van der Waals surface area (Å²) in [5, 5.41) is 1.01. The fourth-order valence-corrected chi connectivity index (χ4v) is 2.55. The molecule has 0 bridgehead atoms. The standard InChI is InChI=1S/C17H13BrO2/c1-10-3-8-15-14(9-10)11(2)17(20-15)16(19)12-4-6-13(18)7-5-12/h3-9H,1-2H3. The molecule has 0 radical (unpaired) electrons. The molecule has 0 N–H and O–H groups in total. The summed E-state index contributed by atoms with van der Waals surface area (Å²) in [5.74, 6) is 0.344. The van der Waals surface area contributed by atoms with Crippen LogP contribution in [-0.4, -0.2) is 5.78 Å². The van der Waals surface area contributed by atoms with Crippen LogP contribution in [0, 0.1) is 13.8 Å². The van der Waals surface area contributed by atoms with Crippen LogP contribution in [-0.2, 0) is 0 Å². The highest BCUT2D eigenvalue weighted by Gasteiger charge is 2.19. The van der Waals surface area contributed by atoms with Crippen LogP contribution in [0.4, 0.5) is 0 Å². The summed E-state index contributed by atoms with van der Waals surface area (Å²) < 4.78 is 6.69. The molecule has 1 aromatic heterocycles. The predicted molar refractivity (Wildman–Crippen MR) is 83.3 cm³/mol. The van der Waals surface area contributed by atoms with Gasteiger partial charge >= 0.3 is 0 Å². The molecule has 3 rings (SSSR count). The molecule has 3 heteroatoms. The van der Waals surface area contributed by atoms with Gasteiger partial charge in [0.15, 0.2) is 5.76 Å². The van der Waals surface area contributed by atoms with E-state index in [1.807, 2.05) is 44.2 Å². The molecule has 0 aliphatic carbocycles. The number of halogens is 1. The number of ketones is 1. The van der Waals surface area contributed by atoms with E-state index in [-0.39, 0.29) is 5.78 Å². The van der Waals surface area contributed by atoms with E-state index in [4.69, 9.17) is 4.42 Å². The first-order valence-electron chi connectivity index (χ1n) is 6.36. The molecule has 0 amide bonds. The van der Waals surface area contributed by atoms with Crippen LogP contribution in [0.5, 0.6) is 0 Å². The van der Waals surface area contributed by atoms with Crippen LogP contribution in [0.2, 0.25) is 0 Å². The van der Waals surface area contributed by atoms with E-state index >= 15 is 0 Å². The van der Waals surface area contributed by atoms with Crippen molar-refractivity contribution in [1.29, 1.82) is 0 Å². The van der Waals surface area contributed by atoms with E-state index in [1.54, 1.807) is 12.1 Å². The lowest BCUT2D eigenvalue weighted by atomic mass is 10.0. The zero-order valence-corrected chi connectivity index (χ0v) is 12.8. The van der Waals surface area contributed by atoms with E-state index in [2.05, 4.69) is 15.9 Å². The highest BCUT2D eigenvalue weighted by Crippen LogP contribution is 2.28. The highest BCUT2D eigenvalue weighted by molar-refractivity contribution is 9.10. The van der Waals surface area contributed by atoms with Gasteiger partial charge < -0.3 is 4.42 Å². The third kappa shape index (κ3) is 2.18. The first-order chi connectivity index (χ1) is 9.56. The number of furan rings is 1. The molecule has 0 fully saturated rings. The number of carbonyl (C=O) groups is 1. The van der Waals surface area contributed by atoms with Crippen LogP contribution in [0.3, 0.4) is 0 Å². The van der Waals surface area contributed by atoms with E-state index in [0.29, 0.717) is 11.3 Å². The number of carbonyl (C=O) groups excluding carboxylic acids is 1. The van der Waals surface area contributed by atoms with E-state index in [1.165, 1.54) is 0 Å². The summed E-state index contributed by atoms with van der Waals surface area (Å²) >= 11 is 3.37. The van der Waals surface area contributed by atoms with Gasteiger partial charge in [0.05, 0.1) is 0 Å². The molecule has 0 saturated carbocycles. The molecule has 100 valence electrons. The Balaban J connectivity index is 2.12. The Morgan fingerprint density at radius 3 is 2.45 bits per heavy atom. The normalized spacial score (nSPS) is 10.9. The first kappa shape index (κ1) is 13.1. The average molecular weight is 329 g/mol. The minimum absolute atomic E-state index is 0.0798. The van der Waals surface area contributed by atoms with Crippen LogP contribution in [0.25, 0.3) is 11.0 Å². The second-order valence-electron chi connectivity index (χ2n) is 4.89. The molecule has 2 aromatic carbocycles. The minimum atomic E-state index is -0.0798. The molecule has 20 heavy (non-hydrogen) atoms. The topological polar surface area (TPSA) is 30.2 Å². The van der Waals surface area contributed by atoms with E-state index in [9.17, 15) is 4.79 Å². The number of hydrogen-bond acceptors (Lipinski definition) is 2. The summed E-state index contributed by atoms with van der Waals surface area (Å²) in [4.78, 5) is 12.5. The number of rotatable bonds is 2. The Morgan fingerprint density at radius 1 is 1.05 bits per heavy atom. The van der Waals surface area contributed by atoms with Crippen molar-refractivity contribution in [3.8, 4) is 0 Å². The molecular weight excluding hydrogens is 316 g/mol. The first-order valence-corrected chi connectivity index (χ1v) is 7.15. The lowest BCUT2D eigenvalue weighted by molar-refractivity contribution is 0.101. The summed E-state index contributed by atoms with van der Waals surface area (Å²) in [6.45, 7) is 3.96. The second-order valence-corrected chi connectivity index (χ2v) is 5.81. The van der Waals surface area contributed by atoms with Crippen molar-refractivity contribution in [3.05, 3.63) is 69.4 Å². The van der Waals surface area contributed by atoms with Gasteiger partial charge in [-0.3, -0.25) is 4.79 Å². The zero-order chi connectivity index (χ0) is 14.3. The fraction of sp³-hybridized carbons (Fsp3) is 0.118. The molecule has 0 saturated heterocycles. The molecule has 0 aliphatic heterocycles. The maximum absolute atomic E-state index is 12.5. The Labute approximate surface area is 125 Å². The van der Waals surface area contributed by atoms with Crippen LogP contribution < -0.4 is 0 Å². The molecule has 0 unspecified atom stereocenters. The average Bonchev–Trinajstić information content (AvgIpc) is 2.76. The number of aryl methyl sites for hydroxylation is 2. The van der Waals surface area contributed by atoms with Crippen molar-refractivity contribution in [1.82, 2.24) is 0 Å². The van der Waals surface area contributed by atoms with Crippen molar-refractivity contribution in [2.75, 3.05) is 0 Å². The van der Waals surface area contributed by atoms with Gasteiger partial charge in [-0.25, -0.2) is 0 Å². The Morgan fingerprint density at radius 2 is 1.75 bits per heavy atom. The molecule has 2 nitrogen and oxygen atoms in total. The Bertz CT molecular complexity index is 798. The molecule has 0 spiro atoms. The van der Waals surface area contributed by atoms with E-state index < -0.39 is 0 Å². The Kier molecular flexibility index (Phi) is 3.22. The molecule has 0 aliphatic rings. The monoisotopic (exact) mass is 328 g/mol. The zero-order valence-electron chi connectivity index (χ0n) is 11.2. The highest BCUT2D eigenvalue weighted by atomic mass is 79.9. The largest absolute Gasteiger partial charge is 0.452 e. The van der Waals surface area contributed by atoms with Gasteiger partial charge in [-0.05, 0) is 50.2 Å². The van der Waals surface area contributed by atoms with E-state index in [0.717, 1.165) is 26.6 Å². The lowest BCUT2D eigenvalue weighted by Crippen LogP contribution is -2.01. The van der Waals surface area contributed by atoms with Gasteiger partial charge in [0.25, 0.3) is 0 Å². The third-order valence-electron chi connectivity index (χ3n) is 3.40. The van der Waals surface area contributed by atoms with Crippen molar-refractivity contribution in [2.45, 2.75) is 13.8 Å². The summed E-state index contributed by atoms with van der Waals surface area (Å²) in [6.07, 6.45) is 0. The fourth-order valence-electron chi connectivity index (χ4n) is 2.28. The third-order valence-corrected chi connectivity index (χ3v) is 3.93. The predicted octanol–water partition coefficient (Wildman–Crippen LogP) is 5.04. The van der Waals surface area contributed by atoms with Crippen LogP contribution in [0.15, 0.2) is 51.4 Å². The summed E-state index contributed by atoms with van der Waals surface area (Å²) in [6, 6.07) is 13.3. The summed E-state index contributed by atoms with van der Waals surface area (Å²) in [7, 11) is 0. The van der Waals surface area contributed by atoms with Crippen LogP contribution in [0.1, 0.15) is 27.2 Å². The van der Waals surface area contributed by atoms with Crippen LogP contribution >= 0.6 is 15.9 Å². The Hall–Kier alpha value is -1.87. The molecule has 3 aromatic rings. The number of fused-ring (bicyclic) bond motifs is 1. The minimum Gasteiger partial charge on any atom is -0.452 e. The number of benzene rings is 2. The van der Waals surface area contributed by atoms with Crippen molar-refractivity contribution in [2.24, 2.45) is 0 Å². The quantitative estimate of drug-likeness (QED) is 0.616. The maximum atomic E-state index is 12.5. The molecule has 1 heterocycles. The lowest BCUT2D eigenvalue weighted by Gasteiger charge is -1.99. The SMILES string of the molecule is Cc1ccc2oc(C(=O)c3ccc(Br)cc3)c(C)c2c1.